The molecule has 1 aliphatic heterocycles. The van der Waals surface area contributed by atoms with Crippen molar-refractivity contribution in [1.82, 2.24) is 20.8 Å². The number of nitrogens with zero attached hydrogens (tertiary/aromatic N) is 3. The van der Waals surface area contributed by atoms with Gasteiger partial charge >= 0.3 is 0 Å². The van der Waals surface area contributed by atoms with Gasteiger partial charge in [-0.25, -0.2) is 4.98 Å². The van der Waals surface area contributed by atoms with Gasteiger partial charge in [-0.3, -0.25) is 30.2 Å². The molecule has 0 spiro atoms. The number of aromatic nitrogens is 2. The average molecular weight is 339 g/mol. The first-order valence-electron chi connectivity index (χ1n) is 7.88. The Morgan fingerprint density at radius 2 is 1.92 bits per heavy atom. The Hall–Kier alpha value is -3.29. The van der Waals surface area contributed by atoms with Gasteiger partial charge in [0.25, 0.3) is 5.91 Å². The fourth-order valence-corrected chi connectivity index (χ4v) is 2.55. The minimum absolute atomic E-state index is 0.106. The van der Waals surface area contributed by atoms with Crippen molar-refractivity contribution in [3.8, 4) is 0 Å². The maximum absolute atomic E-state index is 11.9. The van der Waals surface area contributed by atoms with Crippen LogP contribution in [-0.4, -0.2) is 34.2 Å². The summed E-state index contributed by atoms with van der Waals surface area (Å²) >= 11 is 0. The first kappa shape index (κ1) is 16.6. The maximum atomic E-state index is 11.9. The highest BCUT2D eigenvalue weighted by Crippen LogP contribution is 2.21. The second-order valence-electron chi connectivity index (χ2n) is 5.59. The zero-order valence-electron chi connectivity index (χ0n) is 13.4. The molecule has 8 nitrogen and oxygen atoms in total. The Kier molecular flexibility index (Phi) is 4.98. The van der Waals surface area contributed by atoms with Gasteiger partial charge in [0.2, 0.25) is 11.8 Å². The number of rotatable bonds is 4. The zero-order valence-corrected chi connectivity index (χ0v) is 13.4. The van der Waals surface area contributed by atoms with E-state index in [2.05, 4.69) is 20.8 Å². The lowest BCUT2D eigenvalue weighted by Crippen LogP contribution is -2.42. The Labute approximate surface area is 144 Å². The summed E-state index contributed by atoms with van der Waals surface area (Å²) < 4.78 is 0. The molecule has 128 valence electrons. The molecule has 3 amide bonds. The molecule has 25 heavy (non-hydrogen) atoms. The zero-order chi connectivity index (χ0) is 17.6. The first-order chi connectivity index (χ1) is 12.1. The molecule has 1 fully saturated rings. The lowest BCUT2D eigenvalue weighted by molar-refractivity contribution is -0.121. The molecular weight excluding hydrogens is 322 g/mol. The van der Waals surface area contributed by atoms with E-state index in [1.165, 1.54) is 18.6 Å². The van der Waals surface area contributed by atoms with Gasteiger partial charge in [0.1, 0.15) is 5.69 Å². The molecule has 1 aliphatic rings. The molecule has 2 heterocycles. The van der Waals surface area contributed by atoms with Crippen molar-refractivity contribution in [3.05, 3.63) is 54.1 Å². The van der Waals surface area contributed by atoms with Crippen molar-refractivity contribution >= 4 is 23.4 Å². The summed E-state index contributed by atoms with van der Waals surface area (Å²) in [7, 11) is 0. The third-order valence-corrected chi connectivity index (χ3v) is 3.80. The van der Waals surface area contributed by atoms with Crippen LogP contribution in [0.2, 0.25) is 0 Å². The van der Waals surface area contributed by atoms with E-state index in [0.29, 0.717) is 6.42 Å². The minimum Gasteiger partial charge on any atom is -0.312 e. The smallest absolute Gasteiger partial charge is 0.289 e. The van der Waals surface area contributed by atoms with Gasteiger partial charge in [-0.2, -0.15) is 0 Å². The normalized spacial score (nSPS) is 13.6. The summed E-state index contributed by atoms with van der Waals surface area (Å²) in [4.78, 5) is 44.7. The molecule has 1 aromatic carbocycles. The molecule has 0 unspecified atom stereocenters. The third kappa shape index (κ3) is 4.17. The third-order valence-electron chi connectivity index (χ3n) is 3.80. The van der Waals surface area contributed by atoms with Gasteiger partial charge in [0.05, 0.1) is 12.6 Å². The summed E-state index contributed by atoms with van der Waals surface area (Å²) in [6, 6.07) is 7.24. The van der Waals surface area contributed by atoms with Crippen molar-refractivity contribution in [1.29, 1.82) is 0 Å². The van der Waals surface area contributed by atoms with Gasteiger partial charge in [-0.05, 0) is 24.1 Å². The van der Waals surface area contributed by atoms with E-state index >= 15 is 0 Å². The van der Waals surface area contributed by atoms with Crippen molar-refractivity contribution in [2.45, 2.75) is 19.3 Å². The lowest BCUT2D eigenvalue weighted by atomic mass is 10.1. The minimum atomic E-state index is -0.538. The van der Waals surface area contributed by atoms with E-state index in [9.17, 15) is 14.4 Å². The predicted octanol–water partition coefficient (Wildman–Crippen LogP) is 0.607. The highest BCUT2D eigenvalue weighted by Gasteiger charge is 2.21. The molecule has 2 aromatic rings. The van der Waals surface area contributed by atoms with Crippen molar-refractivity contribution in [3.63, 3.8) is 0 Å². The predicted molar refractivity (Wildman–Crippen MR) is 89.4 cm³/mol. The quantitative estimate of drug-likeness (QED) is 0.794. The lowest BCUT2D eigenvalue weighted by Gasteiger charge is -2.15. The summed E-state index contributed by atoms with van der Waals surface area (Å²) in [5.74, 6) is -0.774. The second kappa shape index (κ2) is 7.52. The van der Waals surface area contributed by atoms with Crippen LogP contribution in [0.15, 0.2) is 42.9 Å². The van der Waals surface area contributed by atoms with Crippen LogP contribution in [0, 0.1) is 0 Å². The van der Waals surface area contributed by atoms with Crippen LogP contribution in [0.1, 0.15) is 28.9 Å². The fourth-order valence-electron chi connectivity index (χ4n) is 2.55. The number of carbonyl (C=O) groups excluding carboxylic acids is 3. The Balaban J connectivity index is 1.51. The molecule has 8 heteroatoms. The molecule has 0 atom stereocenters. The molecule has 2 N–H and O–H groups in total. The van der Waals surface area contributed by atoms with Crippen molar-refractivity contribution in [2.24, 2.45) is 0 Å². The molecule has 0 aliphatic carbocycles. The Morgan fingerprint density at radius 1 is 1.12 bits per heavy atom. The summed E-state index contributed by atoms with van der Waals surface area (Å²) in [5.41, 5.74) is 6.35. The van der Waals surface area contributed by atoms with Gasteiger partial charge in [-0.15, -0.1) is 0 Å². The van der Waals surface area contributed by atoms with E-state index in [1.807, 2.05) is 12.1 Å². The molecule has 1 saturated heterocycles. The first-order valence-corrected chi connectivity index (χ1v) is 7.88. The Morgan fingerprint density at radius 3 is 2.56 bits per heavy atom. The number of nitrogens with one attached hydrogen (secondary N) is 2. The van der Waals surface area contributed by atoms with Crippen molar-refractivity contribution in [2.75, 3.05) is 11.4 Å². The van der Waals surface area contributed by atoms with Crippen LogP contribution in [0.4, 0.5) is 5.69 Å². The van der Waals surface area contributed by atoms with Crippen LogP contribution in [-0.2, 0) is 16.0 Å². The number of anilines is 1. The monoisotopic (exact) mass is 339 g/mol. The highest BCUT2D eigenvalue weighted by atomic mass is 16.2. The summed E-state index contributed by atoms with van der Waals surface area (Å²) in [5, 5.41) is 0. The van der Waals surface area contributed by atoms with Crippen LogP contribution >= 0.6 is 0 Å². The van der Waals surface area contributed by atoms with Crippen LogP contribution in [0.5, 0.6) is 0 Å². The van der Waals surface area contributed by atoms with E-state index in [-0.39, 0.29) is 23.9 Å². The van der Waals surface area contributed by atoms with Crippen LogP contribution < -0.4 is 15.8 Å². The van der Waals surface area contributed by atoms with Crippen LogP contribution in [0.3, 0.4) is 0 Å². The second-order valence-corrected chi connectivity index (χ2v) is 5.59. The number of benzene rings is 1. The fraction of sp³-hybridized carbons (Fsp3) is 0.235. The largest absolute Gasteiger partial charge is 0.312 e. The number of amides is 3. The van der Waals surface area contributed by atoms with Gasteiger partial charge in [0.15, 0.2) is 0 Å². The summed E-state index contributed by atoms with van der Waals surface area (Å²) in [6.07, 6.45) is 5.71. The maximum Gasteiger partial charge on any atom is 0.289 e. The van der Waals surface area contributed by atoms with Gasteiger partial charge < -0.3 is 4.90 Å². The number of hydrogen-bond acceptors (Lipinski definition) is 5. The molecule has 0 radical (unpaired) electrons. The number of hydrogen-bond donors (Lipinski definition) is 2. The molecule has 3 rings (SSSR count). The van der Waals surface area contributed by atoms with E-state index in [4.69, 9.17) is 0 Å². The van der Waals surface area contributed by atoms with E-state index < -0.39 is 5.91 Å². The standard InChI is InChI=1S/C17H17N5O3/c23-15(20-21-17(25)14-11-18-7-8-19-14)10-12-3-5-13(6-4-12)22-9-1-2-16(22)24/h3-8,11H,1-2,9-10H2,(H,20,23)(H,21,25). The molecule has 0 saturated carbocycles. The van der Waals surface area contributed by atoms with E-state index in [1.54, 1.807) is 17.0 Å². The van der Waals surface area contributed by atoms with Crippen LogP contribution in [0.25, 0.3) is 0 Å². The molecule has 1 aromatic heterocycles. The van der Waals surface area contributed by atoms with Gasteiger partial charge in [-0.1, -0.05) is 12.1 Å². The molecular formula is C17H17N5O3. The Bertz CT molecular complexity index is 777. The topological polar surface area (TPSA) is 104 Å². The van der Waals surface area contributed by atoms with E-state index in [0.717, 1.165) is 24.2 Å². The average Bonchev–Trinajstić information content (AvgIpc) is 3.07. The van der Waals surface area contributed by atoms with Crippen molar-refractivity contribution < 1.29 is 14.4 Å². The number of carbonyl (C=O) groups is 3. The SMILES string of the molecule is O=C(Cc1ccc(N2CCCC2=O)cc1)NNC(=O)c1cnccn1. The number of hydrazine groups is 1. The summed E-state index contributed by atoms with van der Waals surface area (Å²) in [6.45, 7) is 0.729. The molecule has 0 bridgehead atoms. The highest BCUT2D eigenvalue weighted by molar-refractivity contribution is 5.95. The van der Waals surface area contributed by atoms with Gasteiger partial charge in [0, 0.05) is 31.0 Å².